The summed E-state index contributed by atoms with van der Waals surface area (Å²) < 4.78 is 1.80. The number of Topliss-reactive ketones (excluding diaryl/α,β-unsaturated/α-hetero) is 1. The summed E-state index contributed by atoms with van der Waals surface area (Å²) in [6, 6.07) is 14.8. The molecule has 7 rings (SSSR count). The molecule has 12 nitrogen and oxygen atoms in total. The third-order valence-electron chi connectivity index (χ3n) is 9.47. The Labute approximate surface area is 267 Å². The summed E-state index contributed by atoms with van der Waals surface area (Å²) in [6.07, 6.45) is 8.15. The van der Waals surface area contributed by atoms with E-state index in [2.05, 4.69) is 20.1 Å². The van der Waals surface area contributed by atoms with Crippen molar-refractivity contribution in [3.05, 3.63) is 64.6 Å². The summed E-state index contributed by atoms with van der Waals surface area (Å²) in [5, 5.41) is 3.32. The number of nitrogens with one attached hydrogen (secondary N) is 2. The monoisotopic (exact) mass is 623 g/mol. The maximum atomic E-state index is 13.1. The summed E-state index contributed by atoms with van der Waals surface area (Å²) in [6.45, 7) is 4.80. The Morgan fingerprint density at radius 2 is 1.37 bits per heavy atom. The molecular formula is C34H41N9O3. The molecule has 2 aromatic heterocycles. The zero-order valence-corrected chi connectivity index (χ0v) is 26.2. The highest BCUT2D eigenvalue weighted by atomic mass is 16.2. The number of rotatable bonds is 8. The van der Waals surface area contributed by atoms with Crippen molar-refractivity contribution in [1.82, 2.24) is 29.4 Å². The number of nitrogens with zero attached hydrogens (tertiary/aromatic N) is 7. The molecule has 3 aliphatic rings. The maximum absolute atomic E-state index is 13.1. The molecule has 0 spiro atoms. The Kier molecular flexibility index (Phi) is 8.67. The predicted octanol–water partition coefficient (Wildman–Crippen LogP) is 4.68. The Bertz CT molecular complexity index is 1710. The van der Waals surface area contributed by atoms with E-state index in [1.54, 1.807) is 21.6 Å². The summed E-state index contributed by atoms with van der Waals surface area (Å²) in [5.74, 6) is 1.51. The molecule has 2 aromatic carbocycles. The van der Waals surface area contributed by atoms with Crippen molar-refractivity contribution >= 4 is 46.3 Å². The number of H-pyrrole nitrogens is 1. The van der Waals surface area contributed by atoms with E-state index in [9.17, 15) is 14.4 Å². The van der Waals surface area contributed by atoms with E-state index in [1.807, 2.05) is 36.4 Å². The molecule has 0 unspecified atom stereocenters. The summed E-state index contributed by atoms with van der Waals surface area (Å²) in [7, 11) is 0. The van der Waals surface area contributed by atoms with E-state index in [4.69, 9.17) is 15.0 Å². The van der Waals surface area contributed by atoms with E-state index in [0.29, 0.717) is 49.3 Å². The number of anilines is 4. The van der Waals surface area contributed by atoms with Gasteiger partial charge in [0.2, 0.25) is 23.8 Å². The molecule has 3 fully saturated rings. The normalized spacial score (nSPS) is 17.8. The Morgan fingerprint density at radius 1 is 0.761 bits per heavy atom. The number of ketones is 1. The van der Waals surface area contributed by atoms with Gasteiger partial charge in [0.1, 0.15) is 0 Å². The highest BCUT2D eigenvalue weighted by Gasteiger charge is 2.27. The summed E-state index contributed by atoms with van der Waals surface area (Å²) >= 11 is 0. The smallest absolute Gasteiger partial charge is 0.326 e. The van der Waals surface area contributed by atoms with E-state index in [0.717, 1.165) is 68.6 Å². The fourth-order valence-electron chi connectivity index (χ4n) is 6.91. The van der Waals surface area contributed by atoms with Crippen molar-refractivity contribution in [3.8, 4) is 0 Å². The number of likely N-dealkylation sites (tertiary alicyclic amines) is 1. The summed E-state index contributed by atoms with van der Waals surface area (Å²) in [4.78, 5) is 62.3. The molecule has 3 aliphatic heterocycles. The van der Waals surface area contributed by atoms with Crippen LogP contribution in [0.5, 0.6) is 0 Å². The van der Waals surface area contributed by atoms with Crippen LogP contribution in [0.1, 0.15) is 74.2 Å². The van der Waals surface area contributed by atoms with E-state index >= 15 is 0 Å². The molecule has 5 heterocycles. The first kappa shape index (κ1) is 29.9. The van der Waals surface area contributed by atoms with Gasteiger partial charge in [0.05, 0.1) is 17.5 Å². The third-order valence-corrected chi connectivity index (χ3v) is 9.47. The van der Waals surface area contributed by atoms with Crippen molar-refractivity contribution in [2.75, 3.05) is 54.4 Å². The van der Waals surface area contributed by atoms with Crippen LogP contribution in [0.2, 0.25) is 0 Å². The standard InChI is InChI=1S/C34H41N9O3/c44-29(23-30(45)40-21-15-26(16-22-40)43-28-10-4-3-9-27(28)36-34(43)46)24-11-13-25(14-12-24)35-31-37-32(41-17-5-1-6-18-41)39-33(38-31)42-19-7-2-8-20-42/h3-4,9-14,26H,1-2,5-8,15-23H2,(H,36,46)(H,35,37,38,39). The number of carbonyl (C=O) groups is 2. The lowest BCUT2D eigenvalue weighted by atomic mass is 10.0. The molecule has 46 heavy (non-hydrogen) atoms. The molecular weight excluding hydrogens is 582 g/mol. The average Bonchev–Trinajstić information content (AvgIpc) is 3.44. The molecule has 2 N–H and O–H groups in total. The molecule has 0 bridgehead atoms. The number of imidazole rings is 1. The second kappa shape index (κ2) is 13.3. The molecule has 0 saturated carbocycles. The van der Waals surface area contributed by atoms with Crippen molar-refractivity contribution in [1.29, 1.82) is 0 Å². The minimum absolute atomic E-state index is 0.0136. The molecule has 1 amide bonds. The number of benzene rings is 2. The number of hydrogen-bond donors (Lipinski definition) is 2. The van der Waals surface area contributed by atoms with Crippen LogP contribution in [0.3, 0.4) is 0 Å². The Hall–Kier alpha value is -4.74. The molecule has 240 valence electrons. The van der Waals surface area contributed by atoms with Crippen LogP contribution in [-0.4, -0.2) is 80.4 Å². The number of para-hydroxylation sites is 2. The van der Waals surface area contributed by atoms with E-state index < -0.39 is 0 Å². The molecule has 0 aliphatic carbocycles. The summed E-state index contributed by atoms with van der Waals surface area (Å²) in [5.41, 5.74) is 2.82. The molecule has 0 radical (unpaired) electrons. The van der Waals surface area contributed by atoms with Crippen LogP contribution in [-0.2, 0) is 4.79 Å². The number of aromatic nitrogens is 5. The predicted molar refractivity (Wildman–Crippen MR) is 178 cm³/mol. The van der Waals surface area contributed by atoms with Gasteiger partial charge in [0.25, 0.3) is 0 Å². The van der Waals surface area contributed by atoms with Crippen molar-refractivity contribution in [2.45, 2.75) is 63.8 Å². The van der Waals surface area contributed by atoms with Crippen LogP contribution >= 0.6 is 0 Å². The lowest BCUT2D eigenvalue weighted by molar-refractivity contribution is -0.131. The maximum Gasteiger partial charge on any atom is 0.326 e. The van der Waals surface area contributed by atoms with Crippen LogP contribution in [0, 0.1) is 0 Å². The van der Waals surface area contributed by atoms with Gasteiger partial charge in [0, 0.05) is 56.6 Å². The Balaban J connectivity index is 0.974. The lowest BCUT2D eigenvalue weighted by Crippen LogP contribution is -2.41. The van der Waals surface area contributed by atoms with Crippen LogP contribution in [0.25, 0.3) is 11.0 Å². The van der Waals surface area contributed by atoms with E-state index in [-0.39, 0.29) is 29.8 Å². The second-order valence-corrected chi connectivity index (χ2v) is 12.6. The zero-order valence-electron chi connectivity index (χ0n) is 26.2. The topological polar surface area (TPSA) is 132 Å². The van der Waals surface area contributed by atoms with Gasteiger partial charge in [0.15, 0.2) is 5.78 Å². The van der Waals surface area contributed by atoms with Crippen molar-refractivity contribution < 1.29 is 9.59 Å². The van der Waals surface area contributed by atoms with Gasteiger partial charge in [-0.15, -0.1) is 0 Å². The van der Waals surface area contributed by atoms with Gasteiger partial charge in [-0.05, 0) is 87.8 Å². The number of fused-ring (bicyclic) bond motifs is 1. The first-order valence-corrected chi connectivity index (χ1v) is 16.6. The first-order chi connectivity index (χ1) is 22.5. The van der Waals surface area contributed by atoms with E-state index in [1.165, 1.54) is 12.8 Å². The fourth-order valence-corrected chi connectivity index (χ4v) is 6.91. The molecule has 12 heteroatoms. The van der Waals surface area contributed by atoms with Gasteiger partial charge in [-0.3, -0.25) is 14.2 Å². The minimum atomic E-state index is -0.216. The van der Waals surface area contributed by atoms with Gasteiger partial charge in [-0.1, -0.05) is 12.1 Å². The van der Waals surface area contributed by atoms with Gasteiger partial charge < -0.3 is 25.0 Å². The van der Waals surface area contributed by atoms with Crippen molar-refractivity contribution in [3.63, 3.8) is 0 Å². The number of aromatic amines is 1. The lowest BCUT2D eigenvalue weighted by Gasteiger charge is -2.32. The fraction of sp³-hybridized carbons (Fsp3) is 0.471. The Morgan fingerprint density at radius 3 is 2.00 bits per heavy atom. The molecule has 4 aromatic rings. The number of carbonyl (C=O) groups excluding carboxylic acids is 2. The molecule has 3 saturated heterocycles. The molecule has 0 atom stereocenters. The highest BCUT2D eigenvalue weighted by molar-refractivity contribution is 6.07. The van der Waals surface area contributed by atoms with Crippen molar-refractivity contribution in [2.24, 2.45) is 0 Å². The van der Waals surface area contributed by atoms with Crippen LogP contribution in [0.15, 0.2) is 53.3 Å². The highest BCUT2D eigenvalue weighted by Crippen LogP contribution is 2.27. The SMILES string of the molecule is O=C(CC(=O)N1CCC(n2c(=O)[nH]c3ccccc32)CC1)c1ccc(Nc2nc(N3CCCCC3)nc(N3CCCCC3)n2)cc1. The average molecular weight is 624 g/mol. The van der Waals surface area contributed by atoms with Gasteiger partial charge in [-0.2, -0.15) is 15.0 Å². The zero-order chi connectivity index (χ0) is 31.5. The third kappa shape index (κ3) is 6.47. The second-order valence-electron chi connectivity index (χ2n) is 12.6. The van der Waals surface area contributed by atoms with Crippen LogP contribution in [0.4, 0.5) is 23.5 Å². The largest absolute Gasteiger partial charge is 0.342 e. The van der Waals surface area contributed by atoms with Gasteiger partial charge in [-0.25, -0.2) is 4.79 Å². The van der Waals surface area contributed by atoms with Crippen LogP contribution < -0.4 is 20.8 Å². The minimum Gasteiger partial charge on any atom is -0.342 e. The number of hydrogen-bond acceptors (Lipinski definition) is 9. The first-order valence-electron chi connectivity index (χ1n) is 16.6. The quantitative estimate of drug-likeness (QED) is 0.212. The number of piperidine rings is 3. The van der Waals surface area contributed by atoms with Gasteiger partial charge >= 0.3 is 5.69 Å². The number of amides is 1.